The van der Waals surface area contributed by atoms with Crippen molar-refractivity contribution in [1.82, 2.24) is 9.97 Å². The maximum absolute atomic E-state index is 12.7. The van der Waals surface area contributed by atoms with Gasteiger partial charge in [-0.15, -0.1) is 22.7 Å². The molecular weight excluding hydrogens is 368 g/mol. The van der Waals surface area contributed by atoms with Crippen LogP contribution in [-0.4, -0.2) is 32.2 Å². The van der Waals surface area contributed by atoms with E-state index in [0.29, 0.717) is 31.4 Å². The molecule has 2 rings (SSSR count). The van der Waals surface area contributed by atoms with Crippen LogP contribution in [0.1, 0.15) is 74.7 Å². The molecule has 0 unspecified atom stereocenters. The van der Waals surface area contributed by atoms with Crippen molar-refractivity contribution < 1.29 is 14.7 Å². The van der Waals surface area contributed by atoms with E-state index in [1.54, 1.807) is 20.0 Å². The lowest BCUT2D eigenvalue weighted by molar-refractivity contribution is -0.118. The first-order valence-corrected chi connectivity index (χ1v) is 10.7. The molecule has 0 aliphatic heterocycles. The van der Waals surface area contributed by atoms with Crippen LogP contribution in [-0.2, 0) is 11.2 Å². The van der Waals surface area contributed by atoms with Gasteiger partial charge in [-0.1, -0.05) is 13.3 Å². The number of rotatable bonds is 11. The quantitative estimate of drug-likeness (QED) is 0.442. The monoisotopic (exact) mass is 394 g/mol. The molecule has 2 heterocycles. The molecule has 0 radical (unpaired) electrons. The molecular formula is C19H26N2O3S2. The van der Waals surface area contributed by atoms with Gasteiger partial charge in [-0.25, -0.2) is 9.97 Å². The summed E-state index contributed by atoms with van der Waals surface area (Å²) in [4.78, 5) is 33.6. The van der Waals surface area contributed by atoms with E-state index in [-0.39, 0.29) is 11.6 Å². The molecule has 0 saturated carbocycles. The van der Waals surface area contributed by atoms with E-state index >= 15 is 0 Å². The summed E-state index contributed by atoms with van der Waals surface area (Å²) in [7, 11) is 0. The van der Waals surface area contributed by atoms with Crippen LogP contribution in [0.2, 0.25) is 0 Å². The number of aromatic nitrogens is 2. The summed E-state index contributed by atoms with van der Waals surface area (Å²) >= 11 is 2.92. The lowest BCUT2D eigenvalue weighted by Crippen LogP contribution is -2.22. The summed E-state index contributed by atoms with van der Waals surface area (Å²) in [6, 6.07) is 0. The van der Waals surface area contributed by atoms with Gasteiger partial charge in [-0.3, -0.25) is 9.59 Å². The van der Waals surface area contributed by atoms with Crippen LogP contribution in [0.15, 0.2) is 11.6 Å². The van der Waals surface area contributed by atoms with Crippen LogP contribution in [0, 0.1) is 0 Å². The molecule has 0 aliphatic rings. The summed E-state index contributed by atoms with van der Waals surface area (Å²) in [5.74, 6) is 0.279. The van der Waals surface area contributed by atoms with E-state index in [1.807, 2.05) is 12.3 Å². The Labute approximate surface area is 162 Å². The zero-order valence-electron chi connectivity index (χ0n) is 15.6. The summed E-state index contributed by atoms with van der Waals surface area (Å²) in [5, 5.41) is 13.6. The molecule has 0 atom stereocenters. The zero-order valence-corrected chi connectivity index (χ0v) is 17.2. The molecule has 0 aromatic carbocycles. The van der Waals surface area contributed by atoms with Crippen LogP contribution >= 0.6 is 22.7 Å². The third-order valence-electron chi connectivity index (χ3n) is 3.92. The second kappa shape index (κ2) is 9.48. The highest BCUT2D eigenvalue weighted by molar-refractivity contribution is 7.20. The molecule has 0 aliphatic carbocycles. The average molecular weight is 395 g/mol. The van der Waals surface area contributed by atoms with E-state index in [4.69, 9.17) is 0 Å². The van der Waals surface area contributed by atoms with Gasteiger partial charge in [0.25, 0.3) is 0 Å². The van der Waals surface area contributed by atoms with Gasteiger partial charge in [-0.2, -0.15) is 0 Å². The van der Waals surface area contributed by atoms with Gasteiger partial charge in [0.15, 0.2) is 15.8 Å². The van der Waals surface area contributed by atoms with Crippen LogP contribution in [0.3, 0.4) is 0 Å². The van der Waals surface area contributed by atoms with Gasteiger partial charge in [0.05, 0.1) is 5.60 Å². The SMILES string of the molecule is CCC(=O)CCCCCC(=O)c1nc(-c2nccs2)sc1CC(C)(C)O. The number of nitrogens with zero attached hydrogens (tertiary/aromatic N) is 2. The Kier molecular flexibility index (Phi) is 7.61. The van der Waals surface area contributed by atoms with Crippen molar-refractivity contribution >= 4 is 34.2 Å². The lowest BCUT2D eigenvalue weighted by Gasteiger charge is -2.16. The predicted octanol–water partition coefficient (Wildman–Crippen LogP) is 4.69. The number of thiazole rings is 2. The Morgan fingerprint density at radius 3 is 2.50 bits per heavy atom. The highest BCUT2D eigenvalue weighted by atomic mass is 32.1. The van der Waals surface area contributed by atoms with E-state index < -0.39 is 5.60 Å². The molecule has 0 bridgehead atoms. The Hall–Kier alpha value is -1.44. The first-order valence-electron chi connectivity index (χ1n) is 8.97. The van der Waals surface area contributed by atoms with Crippen LogP contribution in [0.4, 0.5) is 0 Å². The van der Waals surface area contributed by atoms with Crippen molar-refractivity contribution in [2.45, 2.75) is 71.3 Å². The summed E-state index contributed by atoms with van der Waals surface area (Å²) in [6.07, 6.45) is 6.15. The lowest BCUT2D eigenvalue weighted by atomic mass is 10.0. The number of hydrogen-bond donors (Lipinski definition) is 1. The molecule has 2 aromatic rings. The van der Waals surface area contributed by atoms with E-state index in [9.17, 15) is 14.7 Å². The second-order valence-electron chi connectivity index (χ2n) is 6.99. The highest BCUT2D eigenvalue weighted by Crippen LogP contribution is 2.32. The highest BCUT2D eigenvalue weighted by Gasteiger charge is 2.24. The minimum absolute atomic E-state index is 0.00474. The predicted molar refractivity (Wildman–Crippen MR) is 106 cm³/mol. The van der Waals surface area contributed by atoms with Crippen molar-refractivity contribution in [3.05, 3.63) is 22.1 Å². The molecule has 5 nitrogen and oxygen atoms in total. The zero-order chi connectivity index (χ0) is 19.2. The molecule has 26 heavy (non-hydrogen) atoms. The van der Waals surface area contributed by atoms with E-state index in [0.717, 1.165) is 34.2 Å². The van der Waals surface area contributed by atoms with E-state index in [2.05, 4.69) is 9.97 Å². The molecule has 2 aromatic heterocycles. The number of Topliss-reactive ketones (excluding diaryl/α,β-unsaturated/α-hetero) is 2. The Balaban J connectivity index is 2.03. The van der Waals surface area contributed by atoms with Crippen molar-refractivity contribution in [1.29, 1.82) is 0 Å². The standard InChI is InChI=1S/C19H26N2O3S2/c1-4-13(22)8-6-5-7-9-14(23)16-15(12-19(2,3)24)26-18(21-16)17-20-10-11-25-17/h10-11,24H,4-9,12H2,1-3H3. The van der Waals surface area contributed by atoms with Gasteiger partial charge in [-0.05, 0) is 26.7 Å². The maximum atomic E-state index is 12.7. The van der Waals surface area contributed by atoms with Crippen molar-refractivity contribution in [2.75, 3.05) is 0 Å². The van der Waals surface area contributed by atoms with E-state index in [1.165, 1.54) is 22.7 Å². The topological polar surface area (TPSA) is 80.2 Å². The number of aliphatic hydroxyl groups is 1. The van der Waals surface area contributed by atoms with Gasteiger partial charge in [0, 0.05) is 42.1 Å². The molecule has 7 heteroatoms. The molecule has 0 fully saturated rings. The second-order valence-corrected chi connectivity index (χ2v) is 8.97. The molecule has 142 valence electrons. The number of unbranched alkanes of at least 4 members (excludes halogenated alkanes) is 2. The van der Waals surface area contributed by atoms with Gasteiger partial charge in [0.1, 0.15) is 11.5 Å². The fourth-order valence-corrected chi connectivity index (χ4v) is 4.56. The summed E-state index contributed by atoms with van der Waals surface area (Å²) in [5.41, 5.74) is -0.436. The van der Waals surface area contributed by atoms with Crippen molar-refractivity contribution in [3.63, 3.8) is 0 Å². The average Bonchev–Trinajstić information content (AvgIpc) is 3.22. The number of hydrogen-bond acceptors (Lipinski definition) is 7. The fourth-order valence-electron chi connectivity index (χ4n) is 2.58. The minimum Gasteiger partial charge on any atom is -0.390 e. The first-order chi connectivity index (χ1) is 12.3. The molecule has 0 spiro atoms. The first kappa shape index (κ1) is 20.9. The van der Waals surface area contributed by atoms with Crippen LogP contribution < -0.4 is 0 Å². The number of carbonyl (C=O) groups excluding carboxylic acids is 2. The number of ketones is 2. The van der Waals surface area contributed by atoms with Gasteiger partial charge >= 0.3 is 0 Å². The smallest absolute Gasteiger partial charge is 0.182 e. The Bertz CT molecular complexity index is 731. The normalized spacial score (nSPS) is 11.7. The fraction of sp³-hybridized carbons (Fsp3) is 0.579. The van der Waals surface area contributed by atoms with Crippen LogP contribution in [0.25, 0.3) is 10.0 Å². The third-order valence-corrected chi connectivity index (χ3v) is 5.89. The van der Waals surface area contributed by atoms with Gasteiger partial charge in [0.2, 0.25) is 0 Å². The Morgan fingerprint density at radius 1 is 1.15 bits per heavy atom. The Morgan fingerprint density at radius 2 is 1.88 bits per heavy atom. The van der Waals surface area contributed by atoms with Crippen LogP contribution in [0.5, 0.6) is 0 Å². The summed E-state index contributed by atoms with van der Waals surface area (Å²) in [6.45, 7) is 5.34. The van der Waals surface area contributed by atoms with Gasteiger partial charge < -0.3 is 5.11 Å². The third kappa shape index (κ3) is 6.37. The largest absolute Gasteiger partial charge is 0.390 e. The van der Waals surface area contributed by atoms with Crippen molar-refractivity contribution in [3.8, 4) is 10.0 Å². The maximum Gasteiger partial charge on any atom is 0.182 e. The minimum atomic E-state index is -0.901. The molecule has 0 amide bonds. The number of carbonyl (C=O) groups is 2. The summed E-state index contributed by atoms with van der Waals surface area (Å²) < 4.78 is 0. The molecule has 0 saturated heterocycles. The van der Waals surface area contributed by atoms with Crippen molar-refractivity contribution in [2.24, 2.45) is 0 Å². The molecule has 1 N–H and O–H groups in total.